The molecule has 1 aliphatic carbocycles. The molecule has 0 unspecified atom stereocenters. The van der Waals surface area contributed by atoms with Gasteiger partial charge in [0.15, 0.2) is 0 Å². The lowest BCUT2D eigenvalue weighted by atomic mass is 10.0. The zero-order valence-corrected chi connectivity index (χ0v) is 23.5. The lowest BCUT2D eigenvalue weighted by molar-refractivity contribution is 0.122. The van der Waals surface area contributed by atoms with Gasteiger partial charge in [-0.2, -0.15) is 4.98 Å². The minimum absolute atomic E-state index is 0.0265. The van der Waals surface area contributed by atoms with Crippen molar-refractivity contribution in [3.8, 4) is 16.9 Å². The van der Waals surface area contributed by atoms with E-state index in [-0.39, 0.29) is 17.8 Å². The topological polar surface area (TPSA) is 119 Å². The normalized spacial score (nSPS) is 15.2. The van der Waals surface area contributed by atoms with Crippen molar-refractivity contribution < 1.29 is 14.2 Å². The number of nitrogen functional groups attached to an aromatic ring is 1. The van der Waals surface area contributed by atoms with Crippen LogP contribution in [-0.2, 0) is 11.3 Å². The van der Waals surface area contributed by atoms with Crippen LogP contribution in [0, 0.1) is 5.82 Å². The average Bonchev–Trinajstić information content (AvgIpc) is 3.87. The van der Waals surface area contributed by atoms with Gasteiger partial charge in [-0.15, -0.1) is 0 Å². The van der Waals surface area contributed by atoms with Gasteiger partial charge >= 0.3 is 0 Å². The molecule has 2 aromatic heterocycles. The van der Waals surface area contributed by atoms with Gasteiger partial charge in [0.05, 0.1) is 36.6 Å². The van der Waals surface area contributed by atoms with Crippen molar-refractivity contribution in [1.82, 2.24) is 14.5 Å². The van der Waals surface area contributed by atoms with Gasteiger partial charge in [0.25, 0.3) is 5.56 Å². The summed E-state index contributed by atoms with van der Waals surface area (Å²) in [5.41, 5.74) is 10.5. The van der Waals surface area contributed by atoms with Crippen molar-refractivity contribution in [2.24, 2.45) is 0 Å². The van der Waals surface area contributed by atoms with Gasteiger partial charge in [-0.3, -0.25) is 9.36 Å². The van der Waals surface area contributed by atoms with E-state index >= 15 is 4.39 Å². The molecule has 7 rings (SSSR count). The maximum Gasteiger partial charge on any atom is 0.265 e. The number of aromatic nitrogens is 3. The standard InChI is InChI=1S/C33H31FN6O3/c34-27-17-22(20-4-5-20)16-21-10-11-40(32(42)31(21)27)29-3-1-2-25(26(29)19-41)28-18-30(35)38-33(37-28)36-23-6-8-24(9-7-23)39-12-14-43-15-13-39/h1-3,6-11,16-18,20,41H,4-5,12-15,19H2,(H3,35,36,37,38). The molecule has 0 atom stereocenters. The Morgan fingerprint density at radius 1 is 1.02 bits per heavy atom. The highest BCUT2D eigenvalue weighted by atomic mass is 19.1. The molecule has 3 aromatic carbocycles. The highest BCUT2D eigenvalue weighted by Crippen LogP contribution is 2.41. The summed E-state index contributed by atoms with van der Waals surface area (Å²) in [7, 11) is 0. The number of aliphatic hydroxyl groups excluding tert-OH is 1. The van der Waals surface area contributed by atoms with Gasteiger partial charge in [-0.25, -0.2) is 9.37 Å². The molecule has 43 heavy (non-hydrogen) atoms. The van der Waals surface area contributed by atoms with Crippen LogP contribution in [0.2, 0.25) is 0 Å². The summed E-state index contributed by atoms with van der Waals surface area (Å²) in [6.45, 7) is 2.74. The van der Waals surface area contributed by atoms with Crippen LogP contribution in [-0.4, -0.2) is 45.9 Å². The van der Waals surface area contributed by atoms with Crippen LogP contribution in [0.1, 0.15) is 29.9 Å². The largest absolute Gasteiger partial charge is 0.392 e. The molecule has 4 N–H and O–H groups in total. The van der Waals surface area contributed by atoms with Crippen molar-refractivity contribution in [2.45, 2.75) is 25.4 Å². The smallest absolute Gasteiger partial charge is 0.265 e. The van der Waals surface area contributed by atoms with Crippen molar-refractivity contribution in [3.63, 3.8) is 0 Å². The summed E-state index contributed by atoms with van der Waals surface area (Å²) >= 11 is 0. The first-order valence-corrected chi connectivity index (χ1v) is 14.4. The average molecular weight is 579 g/mol. The van der Waals surface area contributed by atoms with Crippen LogP contribution >= 0.6 is 0 Å². The number of fused-ring (bicyclic) bond motifs is 1. The van der Waals surface area contributed by atoms with E-state index in [2.05, 4.69) is 20.2 Å². The maximum atomic E-state index is 15.2. The van der Waals surface area contributed by atoms with E-state index in [9.17, 15) is 9.90 Å². The van der Waals surface area contributed by atoms with Crippen molar-refractivity contribution in [3.05, 3.63) is 100 Å². The Morgan fingerprint density at radius 2 is 1.81 bits per heavy atom. The van der Waals surface area contributed by atoms with E-state index in [0.717, 1.165) is 42.9 Å². The van der Waals surface area contributed by atoms with Crippen LogP contribution in [0.3, 0.4) is 0 Å². The number of pyridine rings is 1. The number of nitrogens with one attached hydrogen (secondary N) is 1. The fourth-order valence-corrected chi connectivity index (χ4v) is 5.76. The van der Waals surface area contributed by atoms with Crippen molar-refractivity contribution >= 4 is 33.9 Å². The minimum atomic E-state index is -0.530. The fraction of sp³-hybridized carbons (Fsp3) is 0.242. The van der Waals surface area contributed by atoms with Crippen LogP contribution in [0.15, 0.2) is 77.7 Å². The van der Waals surface area contributed by atoms with Gasteiger partial charge in [-0.1, -0.05) is 18.2 Å². The van der Waals surface area contributed by atoms with Gasteiger partial charge in [0, 0.05) is 47.9 Å². The van der Waals surface area contributed by atoms with Crippen molar-refractivity contribution in [1.29, 1.82) is 0 Å². The molecule has 218 valence electrons. The molecule has 1 aliphatic heterocycles. The molecule has 1 saturated heterocycles. The Morgan fingerprint density at radius 3 is 2.56 bits per heavy atom. The third-order valence-corrected chi connectivity index (χ3v) is 8.12. The Kier molecular flexibility index (Phi) is 7.00. The van der Waals surface area contributed by atoms with E-state index in [0.29, 0.717) is 53.0 Å². The number of benzene rings is 3. The maximum absolute atomic E-state index is 15.2. The molecule has 5 aromatic rings. The Hall–Kier alpha value is -4.80. The second-order valence-electron chi connectivity index (χ2n) is 11.0. The highest BCUT2D eigenvalue weighted by Gasteiger charge is 2.25. The highest BCUT2D eigenvalue weighted by molar-refractivity contribution is 5.84. The predicted molar refractivity (Wildman–Crippen MR) is 166 cm³/mol. The minimum Gasteiger partial charge on any atom is -0.392 e. The summed E-state index contributed by atoms with van der Waals surface area (Å²) in [6, 6.07) is 20.0. The van der Waals surface area contributed by atoms with E-state index in [1.807, 2.05) is 30.3 Å². The van der Waals surface area contributed by atoms with E-state index in [1.165, 1.54) is 10.6 Å². The molecule has 0 amide bonds. The fourth-order valence-electron chi connectivity index (χ4n) is 5.76. The molecule has 10 heteroatoms. The SMILES string of the molecule is Nc1cc(-c2cccc(-n3ccc4cc(C5CC5)cc(F)c4c3=O)c2CO)nc(Nc2ccc(N3CCOCC3)cc2)n1. The lowest BCUT2D eigenvalue weighted by Crippen LogP contribution is -2.36. The first kappa shape index (κ1) is 27.1. The number of hydrogen-bond donors (Lipinski definition) is 3. The Bertz CT molecular complexity index is 1880. The summed E-state index contributed by atoms with van der Waals surface area (Å²) in [5.74, 6) is 0.369. The first-order chi connectivity index (χ1) is 21.0. The number of aliphatic hydroxyl groups is 1. The molecular weight excluding hydrogens is 547 g/mol. The number of rotatable bonds is 7. The number of nitrogens with two attached hydrogens (primary N) is 1. The molecule has 2 aliphatic rings. The summed E-state index contributed by atoms with van der Waals surface area (Å²) < 4.78 is 22.0. The number of hydrogen-bond acceptors (Lipinski definition) is 8. The number of morpholine rings is 1. The zero-order valence-electron chi connectivity index (χ0n) is 23.5. The van der Waals surface area contributed by atoms with E-state index in [1.54, 1.807) is 36.5 Å². The Labute approximate surface area is 247 Å². The first-order valence-electron chi connectivity index (χ1n) is 14.4. The summed E-state index contributed by atoms with van der Waals surface area (Å²) in [5, 5.41) is 14.3. The number of anilines is 4. The van der Waals surface area contributed by atoms with Gasteiger partial charge in [-0.05, 0) is 72.2 Å². The number of nitrogens with zero attached hydrogens (tertiary/aromatic N) is 4. The number of halogens is 1. The predicted octanol–water partition coefficient (Wildman–Crippen LogP) is 5.12. The molecule has 9 nitrogen and oxygen atoms in total. The van der Waals surface area contributed by atoms with Crippen LogP contribution < -0.4 is 21.5 Å². The molecule has 1 saturated carbocycles. The number of ether oxygens (including phenoxy) is 1. The van der Waals surface area contributed by atoms with E-state index < -0.39 is 11.4 Å². The van der Waals surface area contributed by atoms with Gasteiger partial charge in [0.2, 0.25) is 5.95 Å². The summed E-state index contributed by atoms with van der Waals surface area (Å²) in [6.07, 6.45) is 3.71. The summed E-state index contributed by atoms with van der Waals surface area (Å²) in [4.78, 5) is 24.9. The third kappa shape index (κ3) is 5.31. The second kappa shape index (κ2) is 11.1. The van der Waals surface area contributed by atoms with Crippen LogP contribution in [0.5, 0.6) is 0 Å². The quantitative estimate of drug-likeness (QED) is 0.244. The zero-order chi connectivity index (χ0) is 29.5. The molecular formula is C33H31FN6O3. The Balaban J connectivity index is 1.22. The molecule has 2 fully saturated rings. The molecule has 3 heterocycles. The molecule has 0 radical (unpaired) electrons. The second-order valence-corrected chi connectivity index (χ2v) is 11.0. The van der Waals surface area contributed by atoms with Crippen molar-refractivity contribution in [2.75, 3.05) is 42.3 Å². The molecule has 0 bridgehead atoms. The van der Waals surface area contributed by atoms with E-state index in [4.69, 9.17) is 10.5 Å². The lowest BCUT2D eigenvalue weighted by Gasteiger charge is -2.28. The van der Waals surface area contributed by atoms with Gasteiger partial charge in [0.1, 0.15) is 11.6 Å². The monoisotopic (exact) mass is 578 g/mol. The van der Waals surface area contributed by atoms with Gasteiger partial charge < -0.3 is 25.8 Å². The van der Waals surface area contributed by atoms with Crippen LogP contribution in [0.25, 0.3) is 27.7 Å². The molecule has 0 spiro atoms. The third-order valence-electron chi connectivity index (χ3n) is 8.12. The van der Waals surface area contributed by atoms with Crippen LogP contribution in [0.4, 0.5) is 27.5 Å².